The van der Waals surface area contributed by atoms with Gasteiger partial charge in [0.25, 0.3) is 0 Å². The van der Waals surface area contributed by atoms with E-state index in [1.807, 2.05) is 0 Å². The first kappa shape index (κ1) is 15.3. The van der Waals surface area contributed by atoms with Crippen molar-refractivity contribution in [1.29, 1.82) is 0 Å². The molecule has 1 fully saturated rings. The third-order valence-electron chi connectivity index (χ3n) is 4.40. The summed E-state index contributed by atoms with van der Waals surface area (Å²) in [6, 6.07) is 4.96. The van der Waals surface area contributed by atoms with E-state index < -0.39 is 0 Å². The van der Waals surface area contributed by atoms with Crippen LogP contribution in [0, 0.1) is 23.6 Å². The number of hydrogen-bond acceptors (Lipinski definition) is 0. The van der Waals surface area contributed by atoms with Gasteiger partial charge in [0.05, 0.1) is 0 Å². The molecule has 0 nitrogen and oxygen atoms in total. The summed E-state index contributed by atoms with van der Waals surface area (Å²) in [5.74, 6) is 1.78. The molecule has 1 aromatic carbocycles. The van der Waals surface area contributed by atoms with Gasteiger partial charge in [0.1, 0.15) is 5.82 Å². The fourth-order valence-corrected chi connectivity index (χ4v) is 3.98. The van der Waals surface area contributed by atoms with Crippen molar-refractivity contribution >= 4 is 27.5 Å². The Balaban J connectivity index is 2.12. The first-order valence-corrected chi connectivity index (χ1v) is 8.35. The van der Waals surface area contributed by atoms with Crippen molar-refractivity contribution in [3.05, 3.63) is 34.6 Å². The van der Waals surface area contributed by atoms with Gasteiger partial charge in [-0.1, -0.05) is 47.4 Å². The van der Waals surface area contributed by atoms with Gasteiger partial charge in [-0.3, -0.25) is 0 Å². The summed E-state index contributed by atoms with van der Waals surface area (Å²) in [5.41, 5.74) is 0.683. The summed E-state index contributed by atoms with van der Waals surface area (Å²) in [4.78, 5) is 0.484. The number of hydrogen-bond donors (Lipinski definition) is 0. The van der Waals surface area contributed by atoms with E-state index >= 15 is 0 Å². The Bertz CT molecular complexity index is 413. The topological polar surface area (TPSA) is 0 Å². The van der Waals surface area contributed by atoms with E-state index in [1.165, 1.54) is 18.9 Å². The second kappa shape index (κ2) is 6.58. The highest BCUT2D eigenvalue weighted by molar-refractivity contribution is 9.09. The van der Waals surface area contributed by atoms with Crippen LogP contribution in [0.1, 0.15) is 38.7 Å². The Morgan fingerprint density at radius 3 is 2.74 bits per heavy atom. The molecule has 0 N–H and O–H groups in total. The van der Waals surface area contributed by atoms with Crippen LogP contribution in [-0.2, 0) is 6.42 Å². The van der Waals surface area contributed by atoms with Crippen LogP contribution in [0.25, 0.3) is 0 Å². The van der Waals surface area contributed by atoms with Crippen LogP contribution < -0.4 is 0 Å². The molecule has 0 aromatic heterocycles. The minimum Gasteiger partial charge on any atom is -0.207 e. The third-order valence-corrected chi connectivity index (χ3v) is 5.96. The monoisotopic (exact) mass is 346 g/mol. The molecule has 0 heterocycles. The van der Waals surface area contributed by atoms with Gasteiger partial charge < -0.3 is 0 Å². The second-order valence-electron chi connectivity index (χ2n) is 6.00. The molecule has 0 radical (unpaired) electrons. The summed E-state index contributed by atoms with van der Waals surface area (Å²) in [5, 5.41) is 0.561. The van der Waals surface area contributed by atoms with E-state index in [4.69, 9.17) is 11.6 Å². The summed E-state index contributed by atoms with van der Waals surface area (Å²) in [6.45, 7) is 4.57. The molecule has 3 heteroatoms. The van der Waals surface area contributed by atoms with Gasteiger partial charge >= 0.3 is 0 Å². The molecule has 1 saturated carbocycles. The van der Waals surface area contributed by atoms with Crippen LogP contribution >= 0.6 is 27.5 Å². The normalized spacial score (nSPS) is 27.8. The molecule has 0 bridgehead atoms. The van der Waals surface area contributed by atoms with Gasteiger partial charge in [0.15, 0.2) is 0 Å². The Labute approximate surface area is 128 Å². The van der Waals surface area contributed by atoms with E-state index in [2.05, 4.69) is 29.8 Å². The van der Waals surface area contributed by atoms with E-state index in [9.17, 15) is 4.39 Å². The maximum absolute atomic E-state index is 13.9. The standard InChI is InChI=1S/C16H21BrClF/c1-10(2)11-6-7-14(17)12(8-11)9-13-15(18)4-3-5-16(13)19/h3-5,10-12,14H,6-9H2,1-2H3. The molecular weight excluding hydrogens is 327 g/mol. The van der Waals surface area contributed by atoms with E-state index in [0.717, 1.165) is 18.8 Å². The maximum atomic E-state index is 13.9. The lowest BCUT2D eigenvalue weighted by atomic mass is 9.74. The van der Waals surface area contributed by atoms with Crippen molar-refractivity contribution in [3.63, 3.8) is 0 Å². The quantitative estimate of drug-likeness (QED) is 0.601. The third kappa shape index (κ3) is 3.72. The van der Waals surface area contributed by atoms with Gasteiger partial charge in [-0.2, -0.15) is 0 Å². The highest BCUT2D eigenvalue weighted by Gasteiger charge is 2.31. The zero-order valence-corrected chi connectivity index (χ0v) is 13.8. The first-order chi connectivity index (χ1) is 8.99. The van der Waals surface area contributed by atoms with E-state index in [-0.39, 0.29) is 5.82 Å². The first-order valence-electron chi connectivity index (χ1n) is 7.06. The van der Waals surface area contributed by atoms with Gasteiger partial charge in [0, 0.05) is 15.4 Å². The fraction of sp³-hybridized carbons (Fsp3) is 0.625. The second-order valence-corrected chi connectivity index (χ2v) is 7.58. The summed E-state index contributed by atoms with van der Waals surface area (Å²) < 4.78 is 13.9. The predicted octanol–water partition coefficient (Wildman–Crippen LogP) is 5.86. The van der Waals surface area contributed by atoms with Crippen LogP contribution in [0.3, 0.4) is 0 Å². The van der Waals surface area contributed by atoms with E-state index in [1.54, 1.807) is 12.1 Å². The number of alkyl halides is 1. The Hall–Kier alpha value is -0.0800. The highest BCUT2D eigenvalue weighted by Crippen LogP contribution is 2.39. The predicted molar refractivity (Wildman–Crippen MR) is 83.5 cm³/mol. The Kier molecular flexibility index (Phi) is 5.30. The molecular formula is C16H21BrClF. The Morgan fingerprint density at radius 2 is 2.11 bits per heavy atom. The molecule has 1 aliphatic rings. The molecule has 19 heavy (non-hydrogen) atoms. The van der Waals surface area contributed by atoms with Crippen LogP contribution in [-0.4, -0.2) is 4.83 Å². The fourth-order valence-electron chi connectivity index (χ4n) is 3.07. The van der Waals surface area contributed by atoms with Gasteiger partial charge in [-0.05, 0) is 55.6 Å². The summed E-state index contributed by atoms with van der Waals surface area (Å²) in [7, 11) is 0. The van der Waals surface area contributed by atoms with Crippen LogP contribution in [0.5, 0.6) is 0 Å². The van der Waals surface area contributed by atoms with Crippen molar-refractivity contribution in [2.75, 3.05) is 0 Å². The van der Waals surface area contributed by atoms with Gasteiger partial charge in [-0.25, -0.2) is 4.39 Å². The van der Waals surface area contributed by atoms with Crippen molar-refractivity contribution in [2.24, 2.45) is 17.8 Å². The zero-order chi connectivity index (χ0) is 14.0. The molecule has 0 saturated heterocycles. The average Bonchev–Trinajstić information content (AvgIpc) is 2.35. The molecule has 0 aliphatic heterocycles. The summed E-state index contributed by atoms with van der Waals surface area (Å²) >= 11 is 9.91. The van der Waals surface area contributed by atoms with Gasteiger partial charge in [-0.15, -0.1) is 0 Å². The lowest BCUT2D eigenvalue weighted by Crippen LogP contribution is -2.29. The minimum atomic E-state index is -0.168. The zero-order valence-electron chi connectivity index (χ0n) is 11.5. The highest BCUT2D eigenvalue weighted by atomic mass is 79.9. The molecule has 0 spiro atoms. The van der Waals surface area contributed by atoms with Crippen LogP contribution in [0.4, 0.5) is 4.39 Å². The lowest BCUT2D eigenvalue weighted by molar-refractivity contribution is 0.222. The van der Waals surface area contributed by atoms with Crippen molar-refractivity contribution in [2.45, 2.75) is 44.4 Å². The largest absolute Gasteiger partial charge is 0.207 e. The number of benzene rings is 1. The average molecular weight is 348 g/mol. The molecule has 3 unspecified atom stereocenters. The molecule has 1 aromatic rings. The maximum Gasteiger partial charge on any atom is 0.127 e. The van der Waals surface area contributed by atoms with Crippen molar-refractivity contribution in [1.82, 2.24) is 0 Å². The smallest absolute Gasteiger partial charge is 0.127 e. The van der Waals surface area contributed by atoms with Crippen molar-refractivity contribution in [3.8, 4) is 0 Å². The van der Waals surface area contributed by atoms with Crippen LogP contribution in [0.15, 0.2) is 18.2 Å². The molecule has 0 amide bonds. The Morgan fingerprint density at radius 1 is 1.37 bits per heavy atom. The SMILES string of the molecule is CC(C)C1CCC(Br)C(Cc2c(F)cccc2Cl)C1. The van der Waals surface area contributed by atoms with Gasteiger partial charge in [0.2, 0.25) is 0 Å². The molecule has 2 rings (SSSR count). The van der Waals surface area contributed by atoms with Crippen LogP contribution in [0.2, 0.25) is 5.02 Å². The lowest BCUT2D eigenvalue weighted by Gasteiger charge is -2.35. The van der Waals surface area contributed by atoms with Crippen molar-refractivity contribution < 1.29 is 4.39 Å². The molecule has 1 aliphatic carbocycles. The van der Waals surface area contributed by atoms with E-state index in [0.29, 0.717) is 27.2 Å². The number of rotatable bonds is 3. The number of halogens is 3. The molecule has 3 atom stereocenters. The molecule has 106 valence electrons. The summed E-state index contributed by atoms with van der Waals surface area (Å²) in [6.07, 6.45) is 4.36. The minimum absolute atomic E-state index is 0.168.